The summed E-state index contributed by atoms with van der Waals surface area (Å²) in [4.78, 5) is 12.9. The highest BCUT2D eigenvalue weighted by atomic mass is 35.5. The maximum Gasteiger partial charge on any atom is 0.254 e. The zero-order chi connectivity index (χ0) is 16.0. The third-order valence-electron chi connectivity index (χ3n) is 6.07. The van der Waals surface area contributed by atoms with Crippen molar-refractivity contribution in [2.75, 3.05) is 7.11 Å². The van der Waals surface area contributed by atoms with Crippen molar-refractivity contribution >= 4 is 17.5 Å². The van der Waals surface area contributed by atoms with E-state index in [1.807, 2.05) is 12.1 Å². The van der Waals surface area contributed by atoms with E-state index in [2.05, 4.69) is 5.32 Å². The number of nitrogens with one attached hydrogen (secondary N) is 1. The Labute approximate surface area is 142 Å². The zero-order valence-electron chi connectivity index (χ0n) is 13.6. The molecule has 124 valence electrons. The molecule has 0 spiro atoms. The van der Waals surface area contributed by atoms with Crippen LogP contribution in [0.2, 0.25) is 5.02 Å². The Morgan fingerprint density at radius 1 is 1.13 bits per heavy atom. The first-order chi connectivity index (χ1) is 11.1. The van der Waals surface area contributed by atoms with E-state index in [1.54, 1.807) is 19.2 Å². The molecule has 5 rings (SSSR count). The van der Waals surface area contributed by atoms with Gasteiger partial charge in [0.15, 0.2) is 6.10 Å². The second-order valence-corrected chi connectivity index (χ2v) is 8.29. The van der Waals surface area contributed by atoms with Crippen molar-refractivity contribution < 1.29 is 9.53 Å². The van der Waals surface area contributed by atoms with Crippen LogP contribution in [0, 0.1) is 17.8 Å². The number of hydrogen-bond acceptors (Lipinski definition) is 2. The molecule has 1 amide bonds. The highest BCUT2D eigenvalue weighted by Crippen LogP contribution is 2.55. The minimum absolute atomic E-state index is 0.00299. The quantitative estimate of drug-likeness (QED) is 0.900. The van der Waals surface area contributed by atoms with Crippen LogP contribution in [-0.2, 0) is 9.53 Å². The SMILES string of the molecule is COC(C(=O)NC12CC3CC(CC(C3)C1)C2)c1ccc(Cl)cc1. The van der Waals surface area contributed by atoms with Crippen molar-refractivity contribution in [1.29, 1.82) is 0 Å². The molecule has 4 bridgehead atoms. The third kappa shape index (κ3) is 2.89. The molecule has 1 atom stereocenters. The minimum atomic E-state index is -0.555. The summed E-state index contributed by atoms with van der Waals surface area (Å²) in [6, 6.07) is 7.35. The van der Waals surface area contributed by atoms with E-state index >= 15 is 0 Å². The number of ether oxygens (including phenoxy) is 1. The van der Waals surface area contributed by atoms with Crippen LogP contribution < -0.4 is 5.32 Å². The second-order valence-electron chi connectivity index (χ2n) is 7.85. The van der Waals surface area contributed by atoms with Gasteiger partial charge in [-0.1, -0.05) is 23.7 Å². The summed E-state index contributed by atoms with van der Waals surface area (Å²) in [6.07, 6.45) is 7.03. The molecule has 1 N–H and O–H groups in total. The van der Waals surface area contributed by atoms with Gasteiger partial charge < -0.3 is 10.1 Å². The molecule has 0 heterocycles. The summed E-state index contributed by atoms with van der Waals surface area (Å²) in [7, 11) is 1.60. The van der Waals surface area contributed by atoms with E-state index < -0.39 is 6.10 Å². The number of carbonyl (C=O) groups is 1. The Morgan fingerprint density at radius 3 is 2.13 bits per heavy atom. The van der Waals surface area contributed by atoms with Crippen molar-refractivity contribution in [3.8, 4) is 0 Å². The van der Waals surface area contributed by atoms with Crippen LogP contribution in [0.1, 0.15) is 50.2 Å². The number of amides is 1. The summed E-state index contributed by atoms with van der Waals surface area (Å²) in [5, 5.41) is 4.06. The van der Waals surface area contributed by atoms with Crippen molar-refractivity contribution in [2.24, 2.45) is 17.8 Å². The minimum Gasteiger partial charge on any atom is -0.367 e. The van der Waals surface area contributed by atoms with Gasteiger partial charge in [-0.3, -0.25) is 4.79 Å². The van der Waals surface area contributed by atoms with Gasteiger partial charge in [0.05, 0.1) is 0 Å². The fourth-order valence-corrected chi connectivity index (χ4v) is 5.75. The highest BCUT2D eigenvalue weighted by molar-refractivity contribution is 6.30. The molecule has 4 heteroatoms. The van der Waals surface area contributed by atoms with E-state index in [-0.39, 0.29) is 11.4 Å². The van der Waals surface area contributed by atoms with Crippen LogP contribution in [0.25, 0.3) is 0 Å². The van der Waals surface area contributed by atoms with Crippen molar-refractivity contribution in [3.63, 3.8) is 0 Å². The molecule has 1 aromatic carbocycles. The molecule has 0 radical (unpaired) electrons. The van der Waals surface area contributed by atoms with Crippen molar-refractivity contribution in [2.45, 2.75) is 50.2 Å². The van der Waals surface area contributed by atoms with Gasteiger partial charge in [0, 0.05) is 17.7 Å². The van der Waals surface area contributed by atoms with E-state index in [9.17, 15) is 4.79 Å². The number of carbonyl (C=O) groups excluding carboxylic acids is 1. The maximum absolute atomic E-state index is 12.9. The predicted octanol–water partition coefficient (Wildman–Crippen LogP) is 4.11. The first-order valence-electron chi connectivity index (χ1n) is 8.67. The van der Waals surface area contributed by atoms with Crippen LogP contribution in [0.15, 0.2) is 24.3 Å². The Hall–Kier alpha value is -1.06. The van der Waals surface area contributed by atoms with Crippen LogP contribution >= 0.6 is 11.6 Å². The molecular weight excluding hydrogens is 310 g/mol. The largest absolute Gasteiger partial charge is 0.367 e. The van der Waals surface area contributed by atoms with Crippen LogP contribution in [0.5, 0.6) is 0 Å². The topological polar surface area (TPSA) is 38.3 Å². The van der Waals surface area contributed by atoms with Gasteiger partial charge in [-0.2, -0.15) is 0 Å². The van der Waals surface area contributed by atoms with Gasteiger partial charge in [0.25, 0.3) is 5.91 Å². The monoisotopic (exact) mass is 333 g/mol. The lowest BCUT2D eigenvalue weighted by Crippen LogP contribution is -2.60. The predicted molar refractivity (Wildman–Crippen MR) is 90.2 cm³/mol. The highest BCUT2D eigenvalue weighted by Gasteiger charge is 2.51. The first-order valence-corrected chi connectivity index (χ1v) is 9.05. The average Bonchev–Trinajstić information content (AvgIpc) is 2.48. The third-order valence-corrected chi connectivity index (χ3v) is 6.33. The van der Waals surface area contributed by atoms with Crippen LogP contribution in [0.4, 0.5) is 0 Å². The van der Waals surface area contributed by atoms with Gasteiger partial charge in [-0.05, 0) is 74.0 Å². The number of hydrogen-bond donors (Lipinski definition) is 1. The summed E-state index contributed by atoms with van der Waals surface area (Å²) in [6.45, 7) is 0. The number of benzene rings is 1. The van der Waals surface area contributed by atoms with Gasteiger partial charge in [0.1, 0.15) is 0 Å². The fraction of sp³-hybridized carbons (Fsp3) is 0.632. The van der Waals surface area contributed by atoms with Crippen LogP contribution in [-0.4, -0.2) is 18.6 Å². The lowest BCUT2D eigenvalue weighted by atomic mass is 9.53. The van der Waals surface area contributed by atoms with Gasteiger partial charge in [-0.15, -0.1) is 0 Å². The summed E-state index contributed by atoms with van der Waals surface area (Å²) < 4.78 is 5.50. The van der Waals surface area contributed by atoms with Gasteiger partial charge in [-0.25, -0.2) is 0 Å². The Balaban J connectivity index is 1.51. The van der Waals surface area contributed by atoms with E-state index in [1.165, 1.54) is 19.3 Å². The van der Waals surface area contributed by atoms with Gasteiger partial charge in [0.2, 0.25) is 0 Å². The molecule has 4 aliphatic rings. The smallest absolute Gasteiger partial charge is 0.254 e. The molecular formula is C19H24ClNO2. The second kappa shape index (κ2) is 5.78. The Kier molecular flexibility index (Phi) is 3.89. The van der Waals surface area contributed by atoms with Crippen molar-refractivity contribution in [3.05, 3.63) is 34.9 Å². The van der Waals surface area contributed by atoms with E-state index in [4.69, 9.17) is 16.3 Å². The number of methoxy groups -OCH3 is 1. The molecule has 1 aromatic rings. The number of rotatable bonds is 4. The molecule has 4 saturated carbocycles. The van der Waals surface area contributed by atoms with Crippen LogP contribution in [0.3, 0.4) is 0 Å². The zero-order valence-corrected chi connectivity index (χ0v) is 14.3. The van der Waals surface area contributed by atoms with Gasteiger partial charge >= 0.3 is 0 Å². The first kappa shape index (κ1) is 15.5. The van der Waals surface area contributed by atoms with E-state index in [0.29, 0.717) is 5.02 Å². The molecule has 0 saturated heterocycles. The molecule has 4 aliphatic carbocycles. The Morgan fingerprint density at radius 2 is 1.65 bits per heavy atom. The summed E-state index contributed by atoms with van der Waals surface area (Å²) in [5.41, 5.74) is 0.883. The standard InChI is InChI=1S/C19H24ClNO2/c1-23-17(15-2-4-16(20)5-3-15)18(22)21-19-9-12-6-13(10-19)8-14(7-12)11-19/h2-5,12-14,17H,6-11H2,1H3,(H,21,22). The average molecular weight is 334 g/mol. The number of halogens is 1. The molecule has 0 aromatic heterocycles. The lowest BCUT2D eigenvalue weighted by Gasteiger charge is -2.57. The van der Waals surface area contributed by atoms with Crippen molar-refractivity contribution in [1.82, 2.24) is 5.32 Å². The molecule has 23 heavy (non-hydrogen) atoms. The molecule has 4 fully saturated rings. The fourth-order valence-electron chi connectivity index (χ4n) is 5.62. The molecule has 1 unspecified atom stereocenters. The maximum atomic E-state index is 12.9. The lowest BCUT2D eigenvalue weighted by molar-refractivity contribution is -0.137. The summed E-state index contributed by atoms with van der Waals surface area (Å²) >= 11 is 5.94. The Bertz CT molecular complexity index is 563. The normalized spacial score (nSPS) is 36.0. The molecule has 3 nitrogen and oxygen atoms in total. The summed E-state index contributed by atoms with van der Waals surface area (Å²) in [5.74, 6) is 2.45. The molecule has 0 aliphatic heterocycles. The van der Waals surface area contributed by atoms with E-state index in [0.717, 1.165) is 42.6 Å².